The Morgan fingerprint density at radius 2 is 1.70 bits per heavy atom. The van der Waals surface area contributed by atoms with Crippen LogP contribution >= 0.6 is 11.8 Å². The number of thioether (sulfide) groups is 1. The second kappa shape index (κ2) is 8.92. The number of rotatable bonds is 6. The highest BCUT2D eigenvalue weighted by atomic mass is 32.2. The van der Waals surface area contributed by atoms with Crippen molar-refractivity contribution < 1.29 is 9.18 Å². The fraction of sp³-hybridized carbons (Fsp3) is 0.0870. The second-order valence-electron chi connectivity index (χ2n) is 6.71. The zero-order valence-corrected chi connectivity index (χ0v) is 17.0. The third kappa shape index (κ3) is 4.58. The topological polar surface area (TPSA) is 70.7 Å². The molecule has 1 amide bonds. The van der Waals surface area contributed by atoms with E-state index in [1.807, 2.05) is 61.5 Å². The van der Waals surface area contributed by atoms with Gasteiger partial charge in [-0.1, -0.05) is 71.9 Å². The zero-order valence-electron chi connectivity index (χ0n) is 16.2. The van der Waals surface area contributed by atoms with Gasteiger partial charge in [-0.15, -0.1) is 5.10 Å². The number of carbonyl (C=O) groups is 1. The van der Waals surface area contributed by atoms with E-state index in [9.17, 15) is 9.18 Å². The average Bonchev–Trinajstić information content (AvgIpc) is 3.23. The summed E-state index contributed by atoms with van der Waals surface area (Å²) in [6.45, 7) is 1.99. The molecule has 0 aliphatic heterocycles. The van der Waals surface area contributed by atoms with Crippen LogP contribution in [0.1, 0.15) is 16.4 Å². The third-order valence-corrected chi connectivity index (χ3v) is 5.59. The Hall–Kier alpha value is -3.45. The maximum Gasteiger partial charge on any atom is 0.242 e. The number of nitrogens with one attached hydrogen (secondary N) is 2. The molecule has 0 radical (unpaired) electrons. The minimum atomic E-state index is -0.572. The van der Waals surface area contributed by atoms with Gasteiger partial charge in [0.25, 0.3) is 0 Å². The Balaban J connectivity index is 1.59. The van der Waals surface area contributed by atoms with E-state index in [4.69, 9.17) is 0 Å². The van der Waals surface area contributed by atoms with Crippen molar-refractivity contribution in [2.24, 2.45) is 0 Å². The first kappa shape index (κ1) is 19.8. The van der Waals surface area contributed by atoms with Crippen LogP contribution in [0.25, 0.3) is 11.4 Å². The summed E-state index contributed by atoms with van der Waals surface area (Å²) in [5, 5.41) is 9.68. The molecule has 150 valence electrons. The summed E-state index contributed by atoms with van der Waals surface area (Å²) in [7, 11) is 0. The standard InChI is InChI=1S/C23H19FN4OS/c1-15-11-13-17(14-12-15)25-22(29)20(16-7-3-2-4-8-16)30-23-26-21(27-28-23)18-9-5-6-10-19(18)24/h2-14,20H,1H3,(H,25,29)(H,26,27,28)/t20-/m1/s1. The SMILES string of the molecule is Cc1ccc(NC(=O)[C@H](Sc2n[nH]c(-c3ccccc3F)n2)c2ccccc2)cc1. The molecular formula is C23H19FN4OS. The molecule has 1 atom stereocenters. The first-order chi connectivity index (χ1) is 14.6. The van der Waals surface area contributed by atoms with Crippen LogP contribution in [0.5, 0.6) is 0 Å². The molecular weight excluding hydrogens is 399 g/mol. The Bertz CT molecular complexity index is 1150. The molecule has 4 aromatic rings. The number of anilines is 1. The van der Waals surface area contributed by atoms with E-state index in [0.29, 0.717) is 22.2 Å². The number of hydrogen-bond acceptors (Lipinski definition) is 4. The minimum absolute atomic E-state index is 0.188. The number of aryl methyl sites for hydroxylation is 1. The molecule has 7 heteroatoms. The fourth-order valence-corrected chi connectivity index (χ4v) is 3.84. The maximum atomic E-state index is 14.1. The number of carbonyl (C=O) groups excluding carboxylic acids is 1. The number of halogens is 1. The molecule has 0 unspecified atom stereocenters. The molecule has 0 spiro atoms. The van der Waals surface area contributed by atoms with Crippen molar-refractivity contribution in [1.29, 1.82) is 0 Å². The third-order valence-electron chi connectivity index (χ3n) is 4.48. The smallest absolute Gasteiger partial charge is 0.242 e. The summed E-state index contributed by atoms with van der Waals surface area (Å²) in [6.07, 6.45) is 0. The van der Waals surface area contributed by atoms with Crippen LogP contribution in [-0.4, -0.2) is 21.1 Å². The molecule has 0 fully saturated rings. The first-order valence-electron chi connectivity index (χ1n) is 9.36. The van der Waals surface area contributed by atoms with Crippen LogP contribution in [0.15, 0.2) is 84.0 Å². The van der Waals surface area contributed by atoms with Crippen LogP contribution in [0.4, 0.5) is 10.1 Å². The molecule has 1 aromatic heterocycles. The van der Waals surface area contributed by atoms with Gasteiger partial charge < -0.3 is 5.32 Å². The molecule has 1 heterocycles. The van der Waals surface area contributed by atoms with E-state index in [1.54, 1.807) is 18.2 Å². The lowest BCUT2D eigenvalue weighted by Crippen LogP contribution is -2.19. The van der Waals surface area contributed by atoms with Crippen molar-refractivity contribution >= 4 is 23.4 Å². The van der Waals surface area contributed by atoms with E-state index in [1.165, 1.54) is 17.8 Å². The minimum Gasteiger partial charge on any atom is -0.325 e. The summed E-state index contributed by atoms with van der Waals surface area (Å²) in [6, 6.07) is 23.4. The van der Waals surface area contributed by atoms with Gasteiger partial charge in [-0.2, -0.15) is 0 Å². The normalized spacial score (nSPS) is 11.8. The van der Waals surface area contributed by atoms with Crippen LogP contribution in [-0.2, 0) is 4.79 Å². The molecule has 2 N–H and O–H groups in total. The summed E-state index contributed by atoms with van der Waals surface area (Å²) in [4.78, 5) is 17.5. The molecule has 0 bridgehead atoms. The van der Waals surface area contributed by atoms with Crippen LogP contribution in [0, 0.1) is 12.7 Å². The Labute approximate surface area is 177 Å². The van der Waals surface area contributed by atoms with E-state index in [-0.39, 0.29) is 11.7 Å². The van der Waals surface area contributed by atoms with Crippen molar-refractivity contribution in [2.45, 2.75) is 17.3 Å². The van der Waals surface area contributed by atoms with Crippen LogP contribution in [0.2, 0.25) is 0 Å². The zero-order chi connectivity index (χ0) is 20.9. The lowest BCUT2D eigenvalue weighted by atomic mass is 10.1. The number of H-pyrrole nitrogens is 1. The molecule has 0 saturated carbocycles. The Morgan fingerprint density at radius 3 is 2.43 bits per heavy atom. The largest absolute Gasteiger partial charge is 0.325 e. The highest BCUT2D eigenvalue weighted by Gasteiger charge is 2.24. The number of aromatic amines is 1. The van der Waals surface area contributed by atoms with Gasteiger partial charge in [0.05, 0.1) is 5.56 Å². The molecule has 3 aromatic carbocycles. The van der Waals surface area contributed by atoms with Crippen molar-refractivity contribution in [1.82, 2.24) is 15.2 Å². The van der Waals surface area contributed by atoms with Gasteiger partial charge in [-0.25, -0.2) is 9.37 Å². The average molecular weight is 418 g/mol. The number of benzene rings is 3. The summed E-state index contributed by atoms with van der Waals surface area (Å²) in [5.74, 6) is -0.254. The molecule has 30 heavy (non-hydrogen) atoms. The van der Waals surface area contributed by atoms with Crippen LogP contribution in [0.3, 0.4) is 0 Å². The number of aromatic nitrogens is 3. The molecule has 0 saturated heterocycles. The van der Waals surface area contributed by atoms with Gasteiger partial charge in [0.1, 0.15) is 11.1 Å². The quantitative estimate of drug-likeness (QED) is 0.412. The summed E-state index contributed by atoms with van der Waals surface area (Å²) >= 11 is 1.21. The fourth-order valence-electron chi connectivity index (χ4n) is 2.92. The van der Waals surface area contributed by atoms with Crippen molar-refractivity contribution in [2.75, 3.05) is 5.32 Å². The van der Waals surface area contributed by atoms with Crippen LogP contribution < -0.4 is 5.32 Å². The second-order valence-corrected chi connectivity index (χ2v) is 7.78. The van der Waals surface area contributed by atoms with Gasteiger partial charge in [0.15, 0.2) is 5.82 Å². The predicted molar refractivity (Wildman–Crippen MR) is 117 cm³/mol. The van der Waals surface area contributed by atoms with Gasteiger partial charge in [0.2, 0.25) is 11.1 Å². The first-order valence-corrected chi connectivity index (χ1v) is 10.2. The van der Waals surface area contributed by atoms with Gasteiger partial charge in [0, 0.05) is 5.69 Å². The molecule has 0 aliphatic carbocycles. The van der Waals surface area contributed by atoms with E-state index in [2.05, 4.69) is 20.5 Å². The van der Waals surface area contributed by atoms with Crippen molar-refractivity contribution in [3.63, 3.8) is 0 Å². The summed E-state index contributed by atoms with van der Waals surface area (Å²) in [5.41, 5.74) is 2.99. The highest BCUT2D eigenvalue weighted by Crippen LogP contribution is 2.35. The molecule has 4 rings (SSSR count). The lowest BCUT2D eigenvalue weighted by Gasteiger charge is -2.15. The van der Waals surface area contributed by atoms with Gasteiger partial charge >= 0.3 is 0 Å². The van der Waals surface area contributed by atoms with Gasteiger partial charge in [-0.05, 0) is 36.8 Å². The highest BCUT2D eigenvalue weighted by molar-refractivity contribution is 8.00. The molecule has 5 nitrogen and oxygen atoms in total. The summed E-state index contributed by atoms with van der Waals surface area (Å²) < 4.78 is 14.1. The molecule has 0 aliphatic rings. The van der Waals surface area contributed by atoms with E-state index >= 15 is 0 Å². The predicted octanol–water partition coefficient (Wildman–Crippen LogP) is 5.39. The lowest BCUT2D eigenvalue weighted by molar-refractivity contribution is -0.115. The van der Waals surface area contributed by atoms with Gasteiger partial charge in [-0.3, -0.25) is 9.89 Å². The monoisotopic (exact) mass is 418 g/mol. The van der Waals surface area contributed by atoms with Crippen molar-refractivity contribution in [3.8, 4) is 11.4 Å². The van der Waals surface area contributed by atoms with E-state index in [0.717, 1.165) is 11.1 Å². The maximum absolute atomic E-state index is 14.1. The number of nitrogens with zero attached hydrogens (tertiary/aromatic N) is 2. The van der Waals surface area contributed by atoms with Crippen molar-refractivity contribution in [3.05, 3.63) is 95.8 Å². The van der Waals surface area contributed by atoms with E-state index < -0.39 is 5.25 Å². The Kier molecular flexibility index (Phi) is 5.90. The number of amides is 1. The number of hydrogen-bond donors (Lipinski definition) is 2. The Morgan fingerprint density at radius 1 is 1.00 bits per heavy atom.